The third-order valence-corrected chi connectivity index (χ3v) is 7.12. The summed E-state index contributed by atoms with van der Waals surface area (Å²) in [6.07, 6.45) is 1.20. The van der Waals surface area contributed by atoms with Gasteiger partial charge >= 0.3 is 0 Å². The van der Waals surface area contributed by atoms with Crippen molar-refractivity contribution >= 4 is 31.9 Å². The molecule has 2 aromatic carbocycles. The van der Waals surface area contributed by atoms with Crippen molar-refractivity contribution in [3.63, 3.8) is 0 Å². The third kappa shape index (κ3) is 4.66. The van der Waals surface area contributed by atoms with Gasteiger partial charge in [0.1, 0.15) is 0 Å². The van der Waals surface area contributed by atoms with E-state index in [4.69, 9.17) is 9.47 Å². The minimum atomic E-state index is 0.153. The van der Waals surface area contributed by atoms with Crippen molar-refractivity contribution < 1.29 is 9.47 Å². The molecule has 1 saturated carbocycles. The van der Waals surface area contributed by atoms with Crippen molar-refractivity contribution in [2.45, 2.75) is 41.5 Å². The number of halogens is 2. The molecule has 0 radical (unpaired) electrons. The van der Waals surface area contributed by atoms with Gasteiger partial charge in [0.2, 0.25) is 0 Å². The molecule has 0 saturated heterocycles. The molecule has 2 aromatic rings. The van der Waals surface area contributed by atoms with Crippen molar-refractivity contribution in [2.24, 2.45) is 0 Å². The minimum Gasteiger partial charge on any atom is -0.372 e. The monoisotopic (exact) mass is 438 g/mol. The van der Waals surface area contributed by atoms with Gasteiger partial charge in [-0.1, -0.05) is 92.5 Å². The standard InChI is InChI=1S/C19H20Br2O2/c20-18-16(22-12-14-7-3-1-4-8-14)11-17(19(18)21)23-13-15-9-5-2-6-10-15/h1-10,16-19H,11-13H2. The quantitative estimate of drug-likeness (QED) is 0.583. The molecule has 0 N–H and O–H groups in total. The Morgan fingerprint density at radius 2 is 1.09 bits per heavy atom. The van der Waals surface area contributed by atoms with Crippen LogP contribution in [0.1, 0.15) is 17.5 Å². The molecular formula is C19H20Br2O2. The fourth-order valence-corrected chi connectivity index (χ4v) is 4.19. The molecule has 4 unspecified atom stereocenters. The summed E-state index contributed by atoms with van der Waals surface area (Å²) in [5.74, 6) is 0. The summed E-state index contributed by atoms with van der Waals surface area (Å²) < 4.78 is 12.2. The highest BCUT2D eigenvalue weighted by Gasteiger charge is 2.42. The molecule has 23 heavy (non-hydrogen) atoms. The lowest BCUT2D eigenvalue weighted by Gasteiger charge is -2.16. The van der Waals surface area contributed by atoms with Crippen LogP contribution in [0.25, 0.3) is 0 Å². The number of hydrogen-bond acceptors (Lipinski definition) is 2. The third-order valence-electron chi connectivity index (χ3n) is 4.09. The van der Waals surface area contributed by atoms with Crippen LogP contribution in [-0.2, 0) is 22.7 Å². The molecule has 4 heteroatoms. The number of alkyl halides is 2. The molecule has 0 aromatic heterocycles. The van der Waals surface area contributed by atoms with Gasteiger partial charge in [-0.3, -0.25) is 0 Å². The first-order valence-electron chi connectivity index (χ1n) is 7.83. The van der Waals surface area contributed by atoms with Crippen molar-refractivity contribution in [3.05, 3.63) is 71.8 Å². The molecular weight excluding hydrogens is 420 g/mol. The van der Waals surface area contributed by atoms with Crippen LogP contribution in [0.5, 0.6) is 0 Å². The molecule has 1 aliphatic carbocycles. The first-order valence-corrected chi connectivity index (χ1v) is 9.66. The zero-order valence-electron chi connectivity index (χ0n) is 12.8. The van der Waals surface area contributed by atoms with E-state index < -0.39 is 0 Å². The zero-order valence-corrected chi connectivity index (χ0v) is 15.9. The number of benzene rings is 2. The van der Waals surface area contributed by atoms with E-state index in [1.54, 1.807) is 0 Å². The van der Waals surface area contributed by atoms with Crippen LogP contribution in [0.2, 0.25) is 0 Å². The van der Waals surface area contributed by atoms with Crippen LogP contribution in [0.4, 0.5) is 0 Å². The van der Waals surface area contributed by atoms with E-state index in [2.05, 4.69) is 56.1 Å². The molecule has 1 aliphatic rings. The lowest BCUT2D eigenvalue weighted by molar-refractivity contribution is 0.0117. The molecule has 0 spiro atoms. The van der Waals surface area contributed by atoms with Crippen molar-refractivity contribution in [3.8, 4) is 0 Å². The number of rotatable bonds is 6. The van der Waals surface area contributed by atoms with Crippen LogP contribution in [-0.4, -0.2) is 21.9 Å². The molecule has 0 heterocycles. The maximum absolute atomic E-state index is 6.10. The normalized spacial score (nSPS) is 27.2. The Hall–Kier alpha value is -0.680. The Morgan fingerprint density at radius 1 is 0.696 bits per heavy atom. The predicted molar refractivity (Wildman–Crippen MR) is 100 cm³/mol. The summed E-state index contributed by atoms with van der Waals surface area (Å²) in [6, 6.07) is 20.6. The van der Waals surface area contributed by atoms with Gasteiger partial charge in [-0.15, -0.1) is 0 Å². The van der Waals surface area contributed by atoms with Gasteiger partial charge in [-0.05, 0) is 11.1 Å². The van der Waals surface area contributed by atoms with Crippen molar-refractivity contribution in [2.75, 3.05) is 0 Å². The molecule has 4 atom stereocenters. The lowest BCUT2D eigenvalue weighted by atomic mass is 10.2. The number of hydrogen-bond donors (Lipinski definition) is 0. The van der Waals surface area contributed by atoms with Crippen LogP contribution in [0.3, 0.4) is 0 Å². The lowest BCUT2D eigenvalue weighted by Crippen LogP contribution is -2.24. The maximum atomic E-state index is 6.10. The molecule has 3 rings (SSSR count). The largest absolute Gasteiger partial charge is 0.372 e. The van der Waals surface area contributed by atoms with Crippen LogP contribution < -0.4 is 0 Å². The van der Waals surface area contributed by atoms with Gasteiger partial charge in [0.05, 0.1) is 35.1 Å². The fourth-order valence-electron chi connectivity index (χ4n) is 2.77. The first-order chi connectivity index (χ1) is 11.2. The van der Waals surface area contributed by atoms with Gasteiger partial charge in [-0.2, -0.15) is 0 Å². The van der Waals surface area contributed by atoms with E-state index >= 15 is 0 Å². The second kappa shape index (κ2) is 8.43. The zero-order chi connectivity index (χ0) is 16.1. The molecule has 122 valence electrons. The van der Waals surface area contributed by atoms with E-state index in [1.165, 1.54) is 11.1 Å². The summed E-state index contributed by atoms with van der Waals surface area (Å²) >= 11 is 7.52. The SMILES string of the molecule is BrC1C(OCc2ccccc2)CC(OCc2ccccc2)C1Br. The maximum Gasteiger partial charge on any atom is 0.0741 e. The highest BCUT2D eigenvalue weighted by molar-refractivity contribution is 9.12. The van der Waals surface area contributed by atoms with Crippen LogP contribution in [0.15, 0.2) is 60.7 Å². The Balaban J connectivity index is 1.51. The van der Waals surface area contributed by atoms with Gasteiger partial charge in [0, 0.05) is 6.42 Å². The summed E-state index contributed by atoms with van der Waals surface area (Å²) in [7, 11) is 0. The van der Waals surface area contributed by atoms with E-state index in [0.29, 0.717) is 13.2 Å². The molecule has 2 nitrogen and oxygen atoms in total. The van der Waals surface area contributed by atoms with Crippen LogP contribution >= 0.6 is 31.9 Å². The highest BCUT2D eigenvalue weighted by atomic mass is 79.9. The molecule has 0 bridgehead atoms. The molecule has 0 aliphatic heterocycles. The Bertz CT molecular complexity index is 537. The van der Waals surface area contributed by atoms with E-state index in [9.17, 15) is 0 Å². The van der Waals surface area contributed by atoms with Gasteiger partial charge in [0.25, 0.3) is 0 Å². The van der Waals surface area contributed by atoms with E-state index in [0.717, 1.165) is 6.42 Å². The van der Waals surface area contributed by atoms with Gasteiger partial charge in [-0.25, -0.2) is 0 Å². The number of ether oxygens (including phenoxy) is 2. The average molecular weight is 440 g/mol. The summed E-state index contributed by atoms with van der Waals surface area (Å²) in [5.41, 5.74) is 2.40. The summed E-state index contributed by atoms with van der Waals surface area (Å²) in [5, 5.41) is 0. The second-order valence-corrected chi connectivity index (χ2v) is 7.91. The Kier molecular flexibility index (Phi) is 6.29. The Morgan fingerprint density at radius 3 is 1.48 bits per heavy atom. The van der Waals surface area contributed by atoms with Crippen LogP contribution in [0, 0.1) is 0 Å². The molecule has 0 amide bonds. The van der Waals surface area contributed by atoms with Gasteiger partial charge in [0.15, 0.2) is 0 Å². The van der Waals surface area contributed by atoms with E-state index in [-0.39, 0.29) is 21.9 Å². The van der Waals surface area contributed by atoms with Crippen molar-refractivity contribution in [1.82, 2.24) is 0 Å². The Labute approximate surface area is 154 Å². The molecule has 1 fully saturated rings. The van der Waals surface area contributed by atoms with Gasteiger partial charge < -0.3 is 9.47 Å². The topological polar surface area (TPSA) is 18.5 Å². The second-order valence-electron chi connectivity index (χ2n) is 5.79. The van der Waals surface area contributed by atoms with E-state index in [1.807, 2.05) is 36.4 Å². The first kappa shape index (κ1) is 17.2. The smallest absolute Gasteiger partial charge is 0.0741 e. The predicted octanol–water partition coefficient (Wildman–Crippen LogP) is 5.09. The average Bonchev–Trinajstić information content (AvgIpc) is 2.88. The fraction of sp³-hybridized carbons (Fsp3) is 0.368. The minimum absolute atomic E-state index is 0.153. The summed E-state index contributed by atoms with van der Waals surface area (Å²) in [4.78, 5) is 0.513. The highest BCUT2D eigenvalue weighted by Crippen LogP contribution is 2.36. The van der Waals surface area contributed by atoms with Crippen molar-refractivity contribution in [1.29, 1.82) is 0 Å². The summed E-state index contributed by atoms with van der Waals surface area (Å²) in [6.45, 7) is 1.28.